The van der Waals surface area contributed by atoms with E-state index in [0.717, 1.165) is 54.0 Å². The third-order valence-corrected chi connectivity index (χ3v) is 6.37. The minimum atomic E-state index is -0.132. The van der Waals surface area contributed by atoms with E-state index in [-0.39, 0.29) is 18.2 Å². The Hall–Kier alpha value is -3.93. The number of hydrogen-bond donors (Lipinski definition) is 1. The van der Waals surface area contributed by atoms with E-state index in [1.807, 2.05) is 84.6 Å². The number of aryl methyl sites for hydroxylation is 2. The molecule has 1 aliphatic heterocycles. The van der Waals surface area contributed by atoms with E-state index in [1.54, 1.807) is 0 Å². The number of carbonyl (C=O) groups is 2. The van der Waals surface area contributed by atoms with E-state index in [4.69, 9.17) is 4.98 Å². The van der Waals surface area contributed by atoms with E-state index in [1.165, 1.54) is 0 Å². The molecule has 0 radical (unpaired) electrons. The van der Waals surface area contributed by atoms with Crippen LogP contribution in [0.15, 0.2) is 72.8 Å². The summed E-state index contributed by atoms with van der Waals surface area (Å²) in [6.07, 6.45) is 2.81. The van der Waals surface area contributed by atoms with Gasteiger partial charge in [0.15, 0.2) is 0 Å². The van der Waals surface area contributed by atoms with Gasteiger partial charge < -0.3 is 10.2 Å². The standard InChI is InChI=1S/C28H28N4O2/c1-20-10-9-14-23(27(20)28(34)31-18-7-8-19-31)30-26(33)17-16-25-29-22-13-5-6-15-24(22)32(25)21-11-3-2-4-12-21/h2-6,9-15H,7-8,16-19H2,1H3,(H,30,33). The Kier molecular flexibility index (Phi) is 6.12. The first-order chi connectivity index (χ1) is 16.6. The average molecular weight is 453 g/mol. The first-order valence-electron chi connectivity index (χ1n) is 11.8. The molecule has 0 bridgehead atoms. The molecule has 1 saturated heterocycles. The monoisotopic (exact) mass is 452 g/mol. The van der Waals surface area contributed by atoms with Crippen molar-refractivity contribution in [3.63, 3.8) is 0 Å². The number of benzene rings is 3. The summed E-state index contributed by atoms with van der Waals surface area (Å²) in [4.78, 5) is 32.8. The summed E-state index contributed by atoms with van der Waals surface area (Å²) in [6, 6.07) is 23.7. The highest BCUT2D eigenvalue weighted by Crippen LogP contribution is 2.25. The molecular weight excluding hydrogens is 424 g/mol. The van der Waals surface area contributed by atoms with Crippen molar-refractivity contribution < 1.29 is 9.59 Å². The van der Waals surface area contributed by atoms with Gasteiger partial charge in [-0.1, -0.05) is 42.5 Å². The summed E-state index contributed by atoms with van der Waals surface area (Å²) in [5, 5.41) is 3.00. The minimum Gasteiger partial charge on any atom is -0.339 e. The fraction of sp³-hybridized carbons (Fsp3) is 0.250. The zero-order chi connectivity index (χ0) is 23.5. The number of fused-ring (bicyclic) bond motifs is 1. The molecule has 0 aliphatic carbocycles. The van der Waals surface area contributed by atoms with Gasteiger partial charge in [-0.2, -0.15) is 0 Å². The van der Waals surface area contributed by atoms with Crippen LogP contribution >= 0.6 is 0 Å². The van der Waals surface area contributed by atoms with E-state index in [2.05, 4.69) is 9.88 Å². The molecule has 1 aliphatic rings. The predicted octanol–water partition coefficient (Wildman–Crippen LogP) is 5.14. The van der Waals surface area contributed by atoms with Crippen molar-refractivity contribution in [1.82, 2.24) is 14.5 Å². The van der Waals surface area contributed by atoms with Crippen molar-refractivity contribution in [2.45, 2.75) is 32.6 Å². The largest absolute Gasteiger partial charge is 0.339 e. The molecule has 4 aromatic rings. The van der Waals surface area contributed by atoms with Crippen molar-refractivity contribution >= 4 is 28.5 Å². The molecule has 3 aromatic carbocycles. The topological polar surface area (TPSA) is 67.2 Å². The van der Waals surface area contributed by atoms with E-state index in [9.17, 15) is 9.59 Å². The van der Waals surface area contributed by atoms with Crippen molar-refractivity contribution in [1.29, 1.82) is 0 Å². The molecule has 0 unspecified atom stereocenters. The molecule has 2 amide bonds. The highest BCUT2D eigenvalue weighted by Gasteiger charge is 2.24. The van der Waals surface area contributed by atoms with Crippen molar-refractivity contribution in [3.8, 4) is 5.69 Å². The highest BCUT2D eigenvalue weighted by atomic mass is 16.2. The van der Waals surface area contributed by atoms with Gasteiger partial charge in [0.2, 0.25) is 5.91 Å². The molecule has 6 nitrogen and oxygen atoms in total. The molecule has 0 saturated carbocycles. The number of para-hydroxylation sites is 3. The Balaban J connectivity index is 1.36. The minimum absolute atomic E-state index is 0.00299. The van der Waals surface area contributed by atoms with Crippen molar-refractivity contribution in [2.75, 3.05) is 18.4 Å². The fourth-order valence-corrected chi connectivity index (χ4v) is 4.68. The molecule has 0 atom stereocenters. The summed E-state index contributed by atoms with van der Waals surface area (Å²) >= 11 is 0. The lowest BCUT2D eigenvalue weighted by atomic mass is 10.0. The summed E-state index contributed by atoms with van der Waals surface area (Å²) in [5.74, 6) is 0.699. The van der Waals surface area contributed by atoms with Gasteiger partial charge in [0, 0.05) is 31.6 Å². The molecule has 1 N–H and O–H groups in total. The smallest absolute Gasteiger partial charge is 0.256 e. The summed E-state index contributed by atoms with van der Waals surface area (Å²) < 4.78 is 2.11. The molecule has 2 heterocycles. The van der Waals surface area contributed by atoms with Crippen molar-refractivity contribution in [2.24, 2.45) is 0 Å². The van der Waals surface area contributed by atoms with Crippen LogP contribution in [-0.2, 0) is 11.2 Å². The quantitative estimate of drug-likeness (QED) is 0.440. The Labute approximate surface area is 199 Å². The maximum absolute atomic E-state index is 13.1. The average Bonchev–Trinajstić information content (AvgIpc) is 3.51. The van der Waals surface area contributed by atoms with Gasteiger partial charge in [0.1, 0.15) is 5.82 Å². The third kappa shape index (κ3) is 4.31. The second-order valence-electron chi connectivity index (χ2n) is 8.73. The summed E-state index contributed by atoms with van der Waals surface area (Å²) in [5.41, 5.74) is 4.98. The molecule has 0 spiro atoms. The SMILES string of the molecule is Cc1cccc(NC(=O)CCc2nc3ccccc3n2-c2ccccc2)c1C(=O)N1CCCC1. The van der Waals surface area contributed by atoms with Crippen LogP contribution in [0.3, 0.4) is 0 Å². The van der Waals surface area contributed by atoms with E-state index < -0.39 is 0 Å². The molecule has 1 aromatic heterocycles. The van der Waals surface area contributed by atoms with E-state index >= 15 is 0 Å². The van der Waals surface area contributed by atoms with Gasteiger partial charge in [-0.3, -0.25) is 14.2 Å². The number of nitrogens with zero attached hydrogens (tertiary/aromatic N) is 3. The van der Waals surface area contributed by atoms with Gasteiger partial charge in [-0.05, 0) is 55.7 Å². The molecular formula is C28H28N4O2. The number of rotatable bonds is 6. The number of carbonyl (C=O) groups excluding carboxylic acids is 2. The second kappa shape index (κ2) is 9.51. The van der Waals surface area contributed by atoms with Crippen LogP contribution in [0.5, 0.6) is 0 Å². The molecule has 34 heavy (non-hydrogen) atoms. The number of nitrogens with one attached hydrogen (secondary N) is 1. The van der Waals surface area contributed by atoms with Gasteiger partial charge in [0.05, 0.1) is 22.3 Å². The van der Waals surface area contributed by atoms with Gasteiger partial charge >= 0.3 is 0 Å². The van der Waals surface area contributed by atoms with Crippen LogP contribution in [0.1, 0.15) is 41.0 Å². The lowest BCUT2D eigenvalue weighted by Gasteiger charge is -2.19. The predicted molar refractivity (Wildman–Crippen MR) is 134 cm³/mol. The number of anilines is 1. The van der Waals surface area contributed by atoms with Gasteiger partial charge in [-0.25, -0.2) is 4.98 Å². The number of likely N-dealkylation sites (tertiary alicyclic amines) is 1. The zero-order valence-electron chi connectivity index (χ0n) is 19.3. The lowest BCUT2D eigenvalue weighted by Crippen LogP contribution is -2.29. The molecule has 6 heteroatoms. The Morgan fingerprint density at radius 3 is 2.44 bits per heavy atom. The fourth-order valence-electron chi connectivity index (χ4n) is 4.68. The highest BCUT2D eigenvalue weighted by molar-refractivity contribution is 6.05. The summed E-state index contributed by atoms with van der Waals surface area (Å²) in [6.45, 7) is 3.47. The first kappa shape index (κ1) is 21.9. The maximum Gasteiger partial charge on any atom is 0.256 e. The Bertz CT molecular complexity index is 1340. The Morgan fingerprint density at radius 1 is 0.912 bits per heavy atom. The van der Waals surface area contributed by atoms with Crippen LogP contribution in [0.4, 0.5) is 5.69 Å². The molecule has 172 valence electrons. The number of imidazole rings is 1. The van der Waals surface area contributed by atoms with Crippen LogP contribution in [0, 0.1) is 6.92 Å². The van der Waals surface area contributed by atoms with Crippen LogP contribution in [0.25, 0.3) is 16.7 Å². The van der Waals surface area contributed by atoms with Crippen LogP contribution in [0.2, 0.25) is 0 Å². The number of aromatic nitrogens is 2. The van der Waals surface area contributed by atoms with Gasteiger partial charge in [-0.15, -0.1) is 0 Å². The van der Waals surface area contributed by atoms with Crippen LogP contribution in [-0.4, -0.2) is 39.4 Å². The number of amides is 2. The zero-order valence-corrected chi connectivity index (χ0v) is 19.3. The Morgan fingerprint density at radius 2 is 1.65 bits per heavy atom. The first-order valence-corrected chi connectivity index (χ1v) is 11.8. The van der Waals surface area contributed by atoms with Crippen molar-refractivity contribution in [3.05, 3.63) is 89.7 Å². The number of hydrogen-bond acceptors (Lipinski definition) is 3. The lowest BCUT2D eigenvalue weighted by molar-refractivity contribution is -0.116. The van der Waals surface area contributed by atoms with E-state index in [0.29, 0.717) is 17.7 Å². The normalized spacial score (nSPS) is 13.4. The maximum atomic E-state index is 13.1. The molecule has 1 fully saturated rings. The van der Waals surface area contributed by atoms with Gasteiger partial charge in [0.25, 0.3) is 5.91 Å². The molecule has 5 rings (SSSR count). The second-order valence-corrected chi connectivity index (χ2v) is 8.73. The third-order valence-electron chi connectivity index (χ3n) is 6.37. The van der Waals surface area contributed by atoms with Crippen LogP contribution < -0.4 is 5.32 Å². The summed E-state index contributed by atoms with van der Waals surface area (Å²) in [7, 11) is 0.